The van der Waals surface area contributed by atoms with E-state index in [4.69, 9.17) is 11.6 Å². The smallest absolute Gasteiger partial charge is 0.278 e. The third-order valence-electron chi connectivity index (χ3n) is 3.38. The second-order valence-electron chi connectivity index (χ2n) is 4.61. The lowest BCUT2D eigenvalue weighted by molar-refractivity contribution is -0.383. The average Bonchev–Trinajstić information content (AvgIpc) is 2.86. The monoisotopic (exact) mass is 304 g/mol. The number of halogens is 2. The van der Waals surface area contributed by atoms with Gasteiger partial charge in [0.1, 0.15) is 5.82 Å². The summed E-state index contributed by atoms with van der Waals surface area (Å²) < 4.78 is 15.6. The van der Waals surface area contributed by atoms with E-state index >= 15 is 0 Å². The first-order valence-electron chi connectivity index (χ1n) is 6.23. The molecule has 0 radical (unpaired) electrons. The van der Waals surface area contributed by atoms with Crippen LogP contribution in [0.3, 0.4) is 0 Å². The van der Waals surface area contributed by atoms with Crippen molar-refractivity contribution < 1.29 is 9.31 Å². The van der Waals surface area contributed by atoms with Crippen LogP contribution in [-0.2, 0) is 6.54 Å². The first kappa shape index (κ1) is 13.6. The van der Waals surface area contributed by atoms with Crippen molar-refractivity contribution in [3.05, 3.63) is 75.2 Å². The van der Waals surface area contributed by atoms with Crippen molar-refractivity contribution in [2.24, 2.45) is 0 Å². The van der Waals surface area contributed by atoms with Gasteiger partial charge in [-0.05, 0) is 24.3 Å². The molecule has 0 bridgehead atoms. The Labute approximate surface area is 124 Å². The number of hydrogen-bond acceptors (Lipinski definition) is 2. The van der Waals surface area contributed by atoms with Crippen molar-refractivity contribution in [2.75, 3.05) is 0 Å². The minimum Gasteiger partial charge on any atom is -0.343 e. The van der Waals surface area contributed by atoms with Crippen LogP contribution in [0.5, 0.6) is 0 Å². The highest BCUT2D eigenvalue weighted by Crippen LogP contribution is 2.28. The molecule has 0 atom stereocenters. The number of fused-ring (bicyclic) bond motifs is 1. The van der Waals surface area contributed by atoms with Gasteiger partial charge >= 0.3 is 0 Å². The minimum atomic E-state index is -0.428. The third-order valence-corrected chi connectivity index (χ3v) is 3.73. The molecule has 0 saturated carbocycles. The molecule has 4 nitrogen and oxygen atoms in total. The van der Waals surface area contributed by atoms with Crippen molar-refractivity contribution >= 4 is 28.2 Å². The Hall–Kier alpha value is -2.40. The molecule has 0 fully saturated rings. The SMILES string of the molecule is O=[N+]([O-])c1cccc2c1ccn2Cc1c(F)cccc1Cl. The second kappa shape index (κ2) is 5.18. The summed E-state index contributed by atoms with van der Waals surface area (Å²) in [5, 5.41) is 11.9. The number of nitro benzene ring substituents is 1. The highest BCUT2D eigenvalue weighted by molar-refractivity contribution is 6.31. The van der Waals surface area contributed by atoms with Gasteiger partial charge in [0.15, 0.2) is 0 Å². The number of benzene rings is 2. The van der Waals surface area contributed by atoms with Gasteiger partial charge < -0.3 is 4.57 Å². The summed E-state index contributed by atoms with van der Waals surface area (Å²) in [7, 11) is 0. The van der Waals surface area contributed by atoms with Crippen LogP contribution in [-0.4, -0.2) is 9.49 Å². The molecule has 0 amide bonds. The lowest BCUT2D eigenvalue weighted by Gasteiger charge is -2.08. The van der Waals surface area contributed by atoms with Gasteiger partial charge in [-0.2, -0.15) is 0 Å². The molecule has 0 N–H and O–H groups in total. The van der Waals surface area contributed by atoms with Gasteiger partial charge in [0.2, 0.25) is 0 Å². The Morgan fingerprint density at radius 1 is 1.19 bits per heavy atom. The molecule has 6 heteroatoms. The van der Waals surface area contributed by atoms with E-state index in [-0.39, 0.29) is 12.2 Å². The molecule has 21 heavy (non-hydrogen) atoms. The van der Waals surface area contributed by atoms with Crippen LogP contribution in [0.2, 0.25) is 5.02 Å². The van der Waals surface area contributed by atoms with Crippen molar-refractivity contribution in [2.45, 2.75) is 6.54 Å². The number of nitro groups is 1. The summed E-state index contributed by atoms with van der Waals surface area (Å²) in [5.41, 5.74) is 1.07. The largest absolute Gasteiger partial charge is 0.343 e. The molecule has 106 valence electrons. The van der Waals surface area contributed by atoms with Crippen LogP contribution >= 0.6 is 11.6 Å². The van der Waals surface area contributed by atoms with Gasteiger partial charge in [0.25, 0.3) is 5.69 Å². The molecule has 0 unspecified atom stereocenters. The summed E-state index contributed by atoms with van der Waals surface area (Å²) in [6.45, 7) is 0.218. The standard InChI is InChI=1S/C15H10ClFN2O2/c16-12-3-1-4-13(17)11(12)9-18-8-7-10-14(18)5-2-6-15(10)19(20)21/h1-8H,9H2. The highest BCUT2D eigenvalue weighted by Gasteiger charge is 2.15. The molecular weight excluding hydrogens is 295 g/mol. The van der Waals surface area contributed by atoms with E-state index in [1.54, 1.807) is 41.1 Å². The second-order valence-corrected chi connectivity index (χ2v) is 5.02. The predicted octanol–water partition coefficient (Wildman–Crippen LogP) is 4.39. The quantitative estimate of drug-likeness (QED) is 0.532. The molecule has 0 aliphatic carbocycles. The van der Waals surface area contributed by atoms with Crippen LogP contribution in [0.4, 0.5) is 10.1 Å². The average molecular weight is 305 g/mol. The number of rotatable bonds is 3. The molecule has 0 aliphatic rings. The van der Waals surface area contributed by atoms with Crippen molar-refractivity contribution in [3.8, 4) is 0 Å². The molecule has 0 aliphatic heterocycles. The minimum absolute atomic E-state index is 0.0332. The van der Waals surface area contributed by atoms with Crippen molar-refractivity contribution in [1.29, 1.82) is 0 Å². The molecule has 1 heterocycles. The van der Waals surface area contributed by atoms with Gasteiger partial charge in [0.05, 0.1) is 22.4 Å². The topological polar surface area (TPSA) is 48.1 Å². The maximum Gasteiger partial charge on any atom is 0.278 e. The van der Waals surface area contributed by atoms with E-state index < -0.39 is 10.7 Å². The van der Waals surface area contributed by atoms with E-state index in [1.807, 2.05) is 0 Å². The Morgan fingerprint density at radius 3 is 2.67 bits per heavy atom. The zero-order chi connectivity index (χ0) is 15.0. The maximum atomic E-state index is 13.8. The van der Waals surface area contributed by atoms with E-state index in [1.165, 1.54) is 12.1 Å². The molecule has 3 rings (SSSR count). The van der Waals surface area contributed by atoms with E-state index in [0.29, 0.717) is 21.5 Å². The summed E-state index contributed by atoms with van der Waals surface area (Å²) in [4.78, 5) is 10.6. The maximum absolute atomic E-state index is 13.8. The highest BCUT2D eigenvalue weighted by atomic mass is 35.5. The fraction of sp³-hybridized carbons (Fsp3) is 0.0667. The number of nitrogens with zero attached hydrogens (tertiary/aromatic N) is 2. The predicted molar refractivity (Wildman–Crippen MR) is 79.1 cm³/mol. The third kappa shape index (κ3) is 2.36. The van der Waals surface area contributed by atoms with Gasteiger partial charge in [-0.3, -0.25) is 10.1 Å². The fourth-order valence-corrected chi connectivity index (χ4v) is 2.58. The summed E-state index contributed by atoms with van der Waals surface area (Å²) in [5.74, 6) is -0.394. The van der Waals surface area contributed by atoms with Gasteiger partial charge in [-0.1, -0.05) is 23.7 Å². The summed E-state index contributed by atoms with van der Waals surface area (Å²) in [6, 6.07) is 11.0. The van der Waals surface area contributed by atoms with Crippen LogP contribution in [0.25, 0.3) is 10.9 Å². The van der Waals surface area contributed by atoms with Crippen LogP contribution in [0.15, 0.2) is 48.7 Å². The van der Waals surface area contributed by atoms with E-state index in [2.05, 4.69) is 0 Å². The van der Waals surface area contributed by atoms with Crippen LogP contribution in [0, 0.1) is 15.9 Å². The molecule has 1 aromatic heterocycles. The van der Waals surface area contributed by atoms with Crippen molar-refractivity contribution in [1.82, 2.24) is 4.57 Å². The van der Waals surface area contributed by atoms with Crippen LogP contribution < -0.4 is 0 Å². The molecule has 2 aromatic carbocycles. The van der Waals surface area contributed by atoms with Gasteiger partial charge in [-0.15, -0.1) is 0 Å². The Kier molecular flexibility index (Phi) is 3.35. The number of hydrogen-bond donors (Lipinski definition) is 0. The molecule has 3 aromatic rings. The first-order chi connectivity index (χ1) is 10.1. The fourth-order valence-electron chi connectivity index (χ4n) is 2.36. The molecule has 0 saturated heterocycles. The Balaban J connectivity index is 2.10. The lowest BCUT2D eigenvalue weighted by atomic mass is 10.2. The zero-order valence-corrected chi connectivity index (χ0v) is 11.5. The van der Waals surface area contributed by atoms with E-state index in [0.717, 1.165) is 0 Å². The number of non-ortho nitro benzene ring substituents is 1. The van der Waals surface area contributed by atoms with Crippen molar-refractivity contribution in [3.63, 3.8) is 0 Å². The lowest BCUT2D eigenvalue weighted by Crippen LogP contribution is -2.01. The van der Waals surface area contributed by atoms with Crippen LogP contribution in [0.1, 0.15) is 5.56 Å². The number of aromatic nitrogens is 1. The summed E-state index contributed by atoms with van der Waals surface area (Å²) in [6.07, 6.45) is 1.69. The molecular formula is C15H10ClFN2O2. The first-order valence-corrected chi connectivity index (χ1v) is 6.61. The Morgan fingerprint density at radius 2 is 1.95 bits per heavy atom. The summed E-state index contributed by atoms with van der Waals surface area (Å²) >= 11 is 6.02. The zero-order valence-electron chi connectivity index (χ0n) is 10.8. The normalized spacial score (nSPS) is 11.0. The van der Waals surface area contributed by atoms with Gasteiger partial charge in [0, 0.05) is 22.8 Å². The molecule has 0 spiro atoms. The van der Waals surface area contributed by atoms with Gasteiger partial charge in [-0.25, -0.2) is 4.39 Å². The Bertz CT molecular complexity index is 825. The van der Waals surface area contributed by atoms with E-state index in [9.17, 15) is 14.5 Å².